The second-order valence-electron chi connectivity index (χ2n) is 21.8. The molecule has 4 heteroatoms. The lowest BCUT2D eigenvalue weighted by Gasteiger charge is -2.19. The van der Waals surface area contributed by atoms with Gasteiger partial charge in [-0.25, -0.2) is 0 Å². The van der Waals surface area contributed by atoms with Crippen LogP contribution in [-0.2, 0) is 4.79 Å². The van der Waals surface area contributed by atoms with Crippen molar-refractivity contribution in [2.24, 2.45) is 0 Å². The van der Waals surface area contributed by atoms with Crippen molar-refractivity contribution in [1.82, 2.24) is 5.32 Å². The molecule has 1 amide bonds. The minimum Gasteiger partial charge on any atom is -0.394 e. The third-order valence-electron chi connectivity index (χ3n) is 14.8. The number of allylic oxidation sites excluding steroid dienone is 7. The lowest BCUT2D eigenvalue weighted by molar-refractivity contribution is -0.123. The molecule has 3 N–H and O–H groups in total. The number of unbranched alkanes of at least 4 members (excludes halogenated alkanes) is 46. The highest BCUT2D eigenvalue weighted by Gasteiger charge is 2.18. The van der Waals surface area contributed by atoms with Crippen LogP contribution in [0, 0.1) is 0 Å². The van der Waals surface area contributed by atoms with E-state index in [9.17, 15) is 15.0 Å². The van der Waals surface area contributed by atoms with Crippen LogP contribution in [0.15, 0.2) is 48.6 Å². The van der Waals surface area contributed by atoms with E-state index in [1.54, 1.807) is 6.08 Å². The Balaban J connectivity index is 3.48. The second kappa shape index (κ2) is 61.6. The Bertz CT molecular complexity index is 1110. The molecule has 0 rings (SSSR count). The van der Waals surface area contributed by atoms with Crippen molar-refractivity contribution < 1.29 is 15.0 Å². The molecule has 0 fully saturated rings. The fraction of sp³-hybridized carbons (Fsp3) is 0.864. The first-order valence-electron chi connectivity index (χ1n) is 31.9. The zero-order valence-corrected chi connectivity index (χ0v) is 47.6. The topological polar surface area (TPSA) is 69.6 Å². The standard InChI is InChI=1S/C66H125NO3/c1-3-5-7-9-11-13-15-17-19-21-23-25-27-29-30-31-32-33-34-35-36-38-39-41-43-45-47-49-51-53-55-57-59-61-65(69)64(63-68)67-66(70)62-60-58-56-54-52-50-48-46-44-42-40-37-28-26-24-22-20-18-16-14-12-10-8-6-4-2/h16,18,22,24,51,53,59,61,64-65,68-69H,3-15,17,19-21,23,25-50,52,54-58,60,62-63H2,1-2H3,(H,67,70)/b18-16-,24-22-,53-51+,61-59+. The van der Waals surface area contributed by atoms with Gasteiger partial charge in [0.1, 0.15) is 0 Å². The van der Waals surface area contributed by atoms with E-state index in [0.29, 0.717) is 6.42 Å². The van der Waals surface area contributed by atoms with Gasteiger partial charge in [-0.3, -0.25) is 4.79 Å². The van der Waals surface area contributed by atoms with Gasteiger partial charge in [0.15, 0.2) is 0 Å². The fourth-order valence-corrected chi connectivity index (χ4v) is 9.94. The molecule has 412 valence electrons. The Morgan fingerprint density at radius 2 is 0.600 bits per heavy atom. The summed E-state index contributed by atoms with van der Waals surface area (Å²) in [5.74, 6) is -0.0708. The summed E-state index contributed by atoms with van der Waals surface area (Å²) >= 11 is 0. The fourth-order valence-electron chi connectivity index (χ4n) is 9.94. The molecule has 0 saturated heterocycles. The van der Waals surface area contributed by atoms with E-state index < -0.39 is 12.1 Å². The first-order valence-corrected chi connectivity index (χ1v) is 31.9. The summed E-state index contributed by atoms with van der Waals surface area (Å²) in [5, 5.41) is 23.2. The van der Waals surface area contributed by atoms with Gasteiger partial charge in [0.2, 0.25) is 5.91 Å². The number of aliphatic hydroxyl groups is 2. The molecule has 0 aromatic rings. The molecule has 0 aliphatic heterocycles. The van der Waals surface area contributed by atoms with Crippen molar-refractivity contribution in [3.05, 3.63) is 48.6 Å². The normalized spacial score (nSPS) is 13.0. The van der Waals surface area contributed by atoms with Crippen molar-refractivity contribution in [3.63, 3.8) is 0 Å². The Labute approximate surface area is 439 Å². The number of nitrogens with one attached hydrogen (secondary N) is 1. The highest BCUT2D eigenvalue weighted by Crippen LogP contribution is 2.18. The number of aliphatic hydroxyl groups excluding tert-OH is 2. The summed E-state index contributed by atoms with van der Waals surface area (Å²) < 4.78 is 0. The summed E-state index contributed by atoms with van der Waals surface area (Å²) in [6.07, 6.45) is 86.0. The van der Waals surface area contributed by atoms with Gasteiger partial charge >= 0.3 is 0 Å². The first kappa shape index (κ1) is 68.4. The Kier molecular flexibility index (Phi) is 60.2. The summed E-state index contributed by atoms with van der Waals surface area (Å²) in [6, 6.07) is -0.642. The zero-order valence-electron chi connectivity index (χ0n) is 47.6. The SMILES string of the molecule is CCCCCCC/C=C\C/C=C\CCCCCCCCCCCCCCCC(=O)NC(CO)C(O)/C=C/CC/C=C/CCCCCCCCCCCCCCCCCCCCCCCCCCCCC. The van der Waals surface area contributed by atoms with Crippen LogP contribution in [0.5, 0.6) is 0 Å². The van der Waals surface area contributed by atoms with Crippen LogP contribution in [0.1, 0.15) is 348 Å². The molecule has 0 aromatic heterocycles. The monoisotopic (exact) mass is 980 g/mol. The van der Waals surface area contributed by atoms with Crippen LogP contribution in [-0.4, -0.2) is 34.9 Å². The van der Waals surface area contributed by atoms with Gasteiger partial charge in [-0.05, 0) is 64.2 Å². The average molecular weight is 981 g/mol. The van der Waals surface area contributed by atoms with Crippen molar-refractivity contribution in [2.75, 3.05) is 6.61 Å². The van der Waals surface area contributed by atoms with Gasteiger partial charge in [-0.2, -0.15) is 0 Å². The van der Waals surface area contributed by atoms with Crippen molar-refractivity contribution in [1.29, 1.82) is 0 Å². The predicted octanol–water partition coefficient (Wildman–Crippen LogP) is 21.4. The van der Waals surface area contributed by atoms with Crippen LogP contribution < -0.4 is 5.32 Å². The Morgan fingerprint density at radius 3 is 0.914 bits per heavy atom. The minimum absolute atomic E-state index is 0.0708. The second-order valence-corrected chi connectivity index (χ2v) is 21.8. The highest BCUT2D eigenvalue weighted by atomic mass is 16.3. The molecule has 0 heterocycles. The van der Waals surface area contributed by atoms with Crippen LogP contribution in [0.3, 0.4) is 0 Å². The highest BCUT2D eigenvalue weighted by molar-refractivity contribution is 5.76. The molecule has 0 aliphatic rings. The maximum absolute atomic E-state index is 12.5. The van der Waals surface area contributed by atoms with E-state index in [4.69, 9.17) is 0 Å². The quantitative estimate of drug-likeness (QED) is 0.0420. The number of rotatable bonds is 59. The Morgan fingerprint density at radius 1 is 0.343 bits per heavy atom. The van der Waals surface area contributed by atoms with Gasteiger partial charge in [0.05, 0.1) is 18.8 Å². The maximum Gasteiger partial charge on any atom is 0.220 e. The van der Waals surface area contributed by atoms with Crippen LogP contribution in [0.25, 0.3) is 0 Å². The van der Waals surface area contributed by atoms with Crippen molar-refractivity contribution >= 4 is 5.91 Å². The van der Waals surface area contributed by atoms with Crippen molar-refractivity contribution in [3.8, 4) is 0 Å². The number of carbonyl (C=O) groups is 1. The van der Waals surface area contributed by atoms with E-state index in [1.165, 1.54) is 289 Å². The molecule has 0 saturated carbocycles. The smallest absolute Gasteiger partial charge is 0.220 e. The average Bonchev–Trinajstić information content (AvgIpc) is 3.36. The summed E-state index contributed by atoms with van der Waals surface area (Å²) in [6.45, 7) is 4.32. The third kappa shape index (κ3) is 57.3. The molecular formula is C66H125NO3. The molecule has 0 spiro atoms. The lowest BCUT2D eigenvalue weighted by atomic mass is 10.0. The number of hydrogen-bond donors (Lipinski definition) is 3. The van der Waals surface area contributed by atoms with Crippen molar-refractivity contribution in [2.45, 2.75) is 360 Å². The van der Waals surface area contributed by atoms with Gasteiger partial charge in [0, 0.05) is 6.42 Å². The number of amides is 1. The van der Waals surface area contributed by atoms with Crippen LogP contribution >= 0.6 is 0 Å². The van der Waals surface area contributed by atoms with E-state index in [2.05, 4.69) is 55.6 Å². The van der Waals surface area contributed by atoms with Crippen LogP contribution in [0.4, 0.5) is 0 Å². The molecule has 0 radical (unpaired) electrons. The van der Waals surface area contributed by atoms with E-state index in [-0.39, 0.29) is 12.5 Å². The molecule has 0 aliphatic carbocycles. The summed E-state index contributed by atoms with van der Waals surface area (Å²) in [7, 11) is 0. The number of carbonyl (C=O) groups excluding carboxylic acids is 1. The molecule has 2 atom stereocenters. The summed E-state index contributed by atoms with van der Waals surface area (Å²) in [4.78, 5) is 12.5. The molecule has 2 unspecified atom stereocenters. The molecule has 70 heavy (non-hydrogen) atoms. The summed E-state index contributed by atoms with van der Waals surface area (Å²) in [5.41, 5.74) is 0. The number of hydrogen-bond acceptors (Lipinski definition) is 3. The van der Waals surface area contributed by atoms with Gasteiger partial charge in [0.25, 0.3) is 0 Å². The van der Waals surface area contributed by atoms with E-state index >= 15 is 0 Å². The van der Waals surface area contributed by atoms with Gasteiger partial charge in [-0.15, -0.1) is 0 Å². The van der Waals surface area contributed by atoms with E-state index in [0.717, 1.165) is 38.5 Å². The maximum atomic E-state index is 12.5. The molecule has 0 aromatic carbocycles. The first-order chi connectivity index (χ1) is 34.7. The predicted molar refractivity (Wildman–Crippen MR) is 313 cm³/mol. The minimum atomic E-state index is -0.865. The molecule has 4 nitrogen and oxygen atoms in total. The van der Waals surface area contributed by atoms with Gasteiger partial charge < -0.3 is 15.5 Å². The molecular weight excluding hydrogens is 855 g/mol. The third-order valence-corrected chi connectivity index (χ3v) is 14.8. The zero-order chi connectivity index (χ0) is 50.6. The molecule has 0 bridgehead atoms. The Hall–Kier alpha value is -1.65. The van der Waals surface area contributed by atoms with Gasteiger partial charge in [-0.1, -0.05) is 326 Å². The largest absolute Gasteiger partial charge is 0.394 e. The van der Waals surface area contributed by atoms with E-state index in [1.807, 2.05) is 6.08 Å². The van der Waals surface area contributed by atoms with Crippen LogP contribution in [0.2, 0.25) is 0 Å². The lowest BCUT2D eigenvalue weighted by Crippen LogP contribution is -2.45.